The number of amides is 1. The third kappa shape index (κ3) is 3.06. The summed E-state index contributed by atoms with van der Waals surface area (Å²) in [5, 5.41) is 13.3. The molecule has 1 amide bonds. The first-order valence-corrected chi connectivity index (χ1v) is 8.46. The van der Waals surface area contributed by atoms with Crippen LogP contribution in [0.5, 0.6) is 5.75 Å². The number of imidazole rings is 1. The molecule has 4 rings (SSSR count). The Hall–Kier alpha value is -3.13. The fourth-order valence-electron chi connectivity index (χ4n) is 3.17. The van der Waals surface area contributed by atoms with Gasteiger partial charge in [-0.2, -0.15) is 5.10 Å². The zero-order valence-electron chi connectivity index (χ0n) is 14.4. The normalized spacial score (nSPS) is 16.1. The molecule has 1 atom stereocenters. The number of H-pyrrole nitrogens is 2. The highest BCUT2D eigenvalue weighted by molar-refractivity contribution is 5.83. The molecule has 0 fully saturated rings. The van der Waals surface area contributed by atoms with Crippen LogP contribution < -0.4 is 15.4 Å². The minimum Gasteiger partial charge on any atom is -0.497 e. The average Bonchev–Trinajstić information content (AvgIpc) is 3.35. The van der Waals surface area contributed by atoms with Crippen LogP contribution in [-0.2, 0) is 17.8 Å². The van der Waals surface area contributed by atoms with Crippen molar-refractivity contribution in [1.29, 1.82) is 0 Å². The van der Waals surface area contributed by atoms with Crippen LogP contribution in [0.3, 0.4) is 0 Å². The quantitative estimate of drug-likeness (QED) is 0.554. The Balaban J connectivity index is 1.46. The summed E-state index contributed by atoms with van der Waals surface area (Å²) in [6, 6.07) is 7.27. The number of nitrogens with zero attached hydrogens (tertiary/aromatic N) is 2. The van der Waals surface area contributed by atoms with Gasteiger partial charge in [-0.05, 0) is 24.3 Å². The van der Waals surface area contributed by atoms with Gasteiger partial charge in [-0.3, -0.25) is 9.89 Å². The highest BCUT2D eigenvalue weighted by Crippen LogP contribution is 2.24. The lowest BCUT2D eigenvalue weighted by atomic mass is 10.0. The maximum Gasteiger partial charge on any atom is 0.243 e. The third-order valence-corrected chi connectivity index (χ3v) is 4.56. The lowest BCUT2D eigenvalue weighted by Gasteiger charge is -2.22. The summed E-state index contributed by atoms with van der Waals surface area (Å²) in [6.45, 7) is 1.13. The number of carbonyl (C=O) groups excluding carboxylic acids is 1. The molecule has 134 valence electrons. The van der Waals surface area contributed by atoms with Crippen LogP contribution in [0.25, 0.3) is 11.3 Å². The highest BCUT2D eigenvalue weighted by atomic mass is 16.5. The first-order valence-electron chi connectivity index (χ1n) is 8.46. The number of aromatic amines is 2. The number of fused-ring (bicyclic) bond motifs is 1. The predicted octanol–water partition coefficient (Wildman–Crippen LogP) is 1.31. The summed E-state index contributed by atoms with van der Waals surface area (Å²) in [7, 11) is 1.64. The smallest absolute Gasteiger partial charge is 0.243 e. The number of hydrogen-bond donors (Lipinski definition) is 4. The lowest BCUT2D eigenvalue weighted by Crippen LogP contribution is -2.41. The summed E-state index contributed by atoms with van der Waals surface area (Å²) in [5.74, 6) is 0.696. The molecule has 0 saturated carbocycles. The molecule has 0 radical (unpaired) electrons. The number of nitrogens with one attached hydrogen (secondary N) is 4. The summed E-state index contributed by atoms with van der Waals surface area (Å²) in [5.41, 5.74) is 4.58. The molecule has 26 heavy (non-hydrogen) atoms. The molecule has 8 nitrogen and oxygen atoms in total. The monoisotopic (exact) mass is 352 g/mol. The van der Waals surface area contributed by atoms with Crippen molar-refractivity contribution < 1.29 is 9.53 Å². The van der Waals surface area contributed by atoms with Crippen LogP contribution in [0.15, 0.2) is 36.8 Å². The molecule has 0 aliphatic carbocycles. The van der Waals surface area contributed by atoms with Crippen LogP contribution in [0.2, 0.25) is 0 Å². The molecule has 2 aromatic heterocycles. The SMILES string of the molecule is COc1ccc(-c2[nH]ncc2CNC(=O)C2NCCc3[nH]cnc32)cc1. The van der Waals surface area contributed by atoms with E-state index in [1.54, 1.807) is 19.6 Å². The van der Waals surface area contributed by atoms with Crippen molar-refractivity contribution in [1.82, 2.24) is 30.8 Å². The van der Waals surface area contributed by atoms with E-state index in [4.69, 9.17) is 4.74 Å². The van der Waals surface area contributed by atoms with E-state index >= 15 is 0 Å². The number of carbonyl (C=O) groups is 1. The van der Waals surface area contributed by atoms with Gasteiger partial charge in [0.2, 0.25) is 5.91 Å². The minimum atomic E-state index is -0.429. The minimum absolute atomic E-state index is 0.0973. The largest absolute Gasteiger partial charge is 0.497 e. The topological polar surface area (TPSA) is 108 Å². The Morgan fingerprint density at radius 1 is 1.35 bits per heavy atom. The molecule has 1 aromatic carbocycles. The maximum atomic E-state index is 12.6. The van der Waals surface area contributed by atoms with Crippen molar-refractivity contribution >= 4 is 5.91 Å². The van der Waals surface area contributed by atoms with Gasteiger partial charge in [0.15, 0.2) is 0 Å². The lowest BCUT2D eigenvalue weighted by molar-refractivity contribution is -0.123. The van der Waals surface area contributed by atoms with Gasteiger partial charge < -0.3 is 20.4 Å². The van der Waals surface area contributed by atoms with E-state index in [1.807, 2.05) is 24.3 Å². The van der Waals surface area contributed by atoms with Crippen LogP contribution in [-0.4, -0.2) is 39.7 Å². The fraction of sp³-hybridized carbons (Fsp3) is 0.278. The van der Waals surface area contributed by atoms with Crippen molar-refractivity contribution in [3.63, 3.8) is 0 Å². The summed E-state index contributed by atoms with van der Waals surface area (Å²) in [6.07, 6.45) is 4.21. The van der Waals surface area contributed by atoms with Crippen molar-refractivity contribution in [3.05, 3.63) is 53.7 Å². The predicted molar refractivity (Wildman–Crippen MR) is 95.5 cm³/mol. The second kappa shape index (κ2) is 7.01. The van der Waals surface area contributed by atoms with Crippen LogP contribution in [0.1, 0.15) is 23.0 Å². The molecule has 4 N–H and O–H groups in total. The Morgan fingerprint density at radius 2 is 2.19 bits per heavy atom. The van der Waals surface area contributed by atoms with E-state index in [2.05, 4.69) is 30.8 Å². The second-order valence-electron chi connectivity index (χ2n) is 6.12. The van der Waals surface area contributed by atoms with Crippen molar-refractivity contribution in [3.8, 4) is 17.0 Å². The number of aromatic nitrogens is 4. The zero-order chi connectivity index (χ0) is 17.9. The Labute approximate surface area is 150 Å². The van der Waals surface area contributed by atoms with Crippen molar-refractivity contribution in [2.45, 2.75) is 19.0 Å². The molecule has 0 saturated heterocycles. The summed E-state index contributed by atoms with van der Waals surface area (Å²) < 4.78 is 5.19. The molecule has 8 heteroatoms. The van der Waals surface area contributed by atoms with Crippen molar-refractivity contribution in [2.75, 3.05) is 13.7 Å². The molecule has 0 spiro atoms. The van der Waals surface area contributed by atoms with Gasteiger partial charge in [0.25, 0.3) is 0 Å². The fourth-order valence-corrected chi connectivity index (χ4v) is 3.17. The van der Waals surface area contributed by atoms with Gasteiger partial charge in [-0.15, -0.1) is 0 Å². The molecule has 3 heterocycles. The molecule has 1 aliphatic heterocycles. The third-order valence-electron chi connectivity index (χ3n) is 4.56. The standard InChI is InChI=1S/C18H20N6O2/c1-26-13-4-2-11(3-5-13)15-12(9-23-24-15)8-20-18(25)17-16-14(6-7-19-17)21-10-22-16/h2-5,9-10,17,19H,6-8H2,1H3,(H,20,25)(H,21,22)(H,23,24). The molecular formula is C18H20N6O2. The number of benzene rings is 1. The summed E-state index contributed by atoms with van der Waals surface area (Å²) in [4.78, 5) is 20.0. The zero-order valence-corrected chi connectivity index (χ0v) is 14.4. The van der Waals surface area contributed by atoms with Crippen LogP contribution in [0.4, 0.5) is 0 Å². The highest BCUT2D eigenvalue weighted by Gasteiger charge is 2.28. The molecule has 1 aliphatic rings. The van der Waals surface area contributed by atoms with E-state index in [1.165, 1.54) is 0 Å². The molecular weight excluding hydrogens is 332 g/mol. The van der Waals surface area contributed by atoms with Gasteiger partial charge in [-0.25, -0.2) is 4.98 Å². The van der Waals surface area contributed by atoms with Gasteiger partial charge in [0.05, 0.1) is 31.0 Å². The van der Waals surface area contributed by atoms with Crippen molar-refractivity contribution in [2.24, 2.45) is 0 Å². The summed E-state index contributed by atoms with van der Waals surface area (Å²) >= 11 is 0. The van der Waals surface area contributed by atoms with Gasteiger partial charge >= 0.3 is 0 Å². The Morgan fingerprint density at radius 3 is 3.00 bits per heavy atom. The number of methoxy groups -OCH3 is 1. The Bertz CT molecular complexity index is 899. The van der Waals surface area contributed by atoms with Gasteiger partial charge in [0, 0.05) is 36.3 Å². The van der Waals surface area contributed by atoms with Gasteiger partial charge in [0.1, 0.15) is 11.8 Å². The van der Waals surface area contributed by atoms with E-state index in [-0.39, 0.29) is 5.91 Å². The molecule has 0 bridgehead atoms. The van der Waals surface area contributed by atoms with E-state index < -0.39 is 6.04 Å². The average molecular weight is 352 g/mol. The van der Waals surface area contributed by atoms with Gasteiger partial charge in [-0.1, -0.05) is 0 Å². The van der Waals surface area contributed by atoms with E-state index in [0.717, 1.165) is 46.9 Å². The maximum absolute atomic E-state index is 12.6. The van der Waals surface area contributed by atoms with E-state index in [0.29, 0.717) is 6.54 Å². The molecule has 1 unspecified atom stereocenters. The first-order chi connectivity index (χ1) is 12.8. The molecule has 3 aromatic rings. The Kier molecular flexibility index (Phi) is 4.40. The van der Waals surface area contributed by atoms with Crippen LogP contribution >= 0.6 is 0 Å². The van der Waals surface area contributed by atoms with E-state index in [9.17, 15) is 4.79 Å². The first kappa shape index (κ1) is 16.3. The second-order valence-corrected chi connectivity index (χ2v) is 6.12. The number of hydrogen-bond acceptors (Lipinski definition) is 5. The van der Waals surface area contributed by atoms with Crippen LogP contribution in [0, 0.1) is 0 Å². The number of rotatable bonds is 5. The number of ether oxygens (including phenoxy) is 1.